The SMILES string of the molecule is CCCc1cc(C(=O)OCc2nc3ccccc3o2)n[nH]1. The summed E-state index contributed by atoms with van der Waals surface area (Å²) < 4.78 is 10.6. The van der Waals surface area contributed by atoms with E-state index in [1.54, 1.807) is 6.07 Å². The summed E-state index contributed by atoms with van der Waals surface area (Å²) in [7, 11) is 0. The molecule has 3 rings (SSSR count). The number of nitrogens with one attached hydrogen (secondary N) is 1. The Balaban J connectivity index is 1.64. The number of carbonyl (C=O) groups excluding carboxylic acids is 1. The van der Waals surface area contributed by atoms with Crippen molar-refractivity contribution in [2.45, 2.75) is 26.4 Å². The van der Waals surface area contributed by atoms with Gasteiger partial charge in [-0.3, -0.25) is 5.10 Å². The Labute approximate surface area is 121 Å². The van der Waals surface area contributed by atoms with Crippen molar-refractivity contribution in [1.29, 1.82) is 0 Å². The van der Waals surface area contributed by atoms with E-state index in [1.807, 2.05) is 24.3 Å². The molecule has 6 heteroatoms. The van der Waals surface area contributed by atoms with Crippen LogP contribution in [0.1, 0.15) is 35.4 Å². The van der Waals surface area contributed by atoms with Crippen LogP contribution in [0.25, 0.3) is 11.1 Å². The molecule has 0 aliphatic carbocycles. The number of benzene rings is 1. The van der Waals surface area contributed by atoms with Gasteiger partial charge in [-0.2, -0.15) is 5.10 Å². The average Bonchev–Trinajstić information content (AvgIpc) is 3.11. The number of ether oxygens (including phenoxy) is 1. The number of carbonyl (C=O) groups is 1. The molecule has 0 aliphatic rings. The summed E-state index contributed by atoms with van der Waals surface area (Å²) in [6.07, 6.45) is 1.84. The van der Waals surface area contributed by atoms with Crippen LogP contribution < -0.4 is 0 Å². The molecule has 1 N–H and O–H groups in total. The second-order valence-corrected chi connectivity index (χ2v) is 4.68. The molecule has 0 atom stereocenters. The maximum atomic E-state index is 11.9. The summed E-state index contributed by atoms with van der Waals surface area (Å²) in [6, 6.07) is 9.10. The smallest absolute Gasteiger partial charge is 0.359 e. The average molecular weight is 285 g/mol. The van der Waals surface area contributed by atoms with Crippen LogP contribution in [0.4, 0.5) is 0 Å². The van der Waals surface area contributed by atoms with E-state index >= 15 is 0 Å². The van der Waals surface area contributed by atoms with Crippen LogP contribution >= 0.6 is 0 Å². The summed E-state index contributed by atoms with van der Waals surface area (Å²) in [5.41, 5.74) is 2.61. The second-order valence-electron chi connectivity index (χ2n) is 4.68. The Bertz CT molecular complexity index is 727. The van der Waals surface area contributed by atoms with Crippen LogP contribution in [0.2, 0.25) is 0 Å². The Hall–Kier alpha value is -2.63. The number of rotatable bonds is 5. The highest BCUT2D eigenvalue weighted by Crippen LogP contribution is 2.15. The number of para-hydroxylation sites is 2. The lowest BCUT2D eigenvalue weighted by Gasteiger charge is -1.98. The summed E-state index contributed by atoms with van der Waals surface area (Å²) >= 11 is 0. The molecule has 0 saturated carbocycles. The highest BCUT2D eigenvalue weighted by Gasteiger charge is 2.14. The van der Waals surface area contributed by atoms with Crippen molar-refractivity contribution in [3.63, 3.8) is 0 Å². The first-order chi connectivity index (χ1) is 10.3. The number of esters is 1. The van der Waals surface area contributed by atoms with Gasteiger partial charge in [0.1, 0.15) is 5.52 Å². The first-order valence-electron chi connectivity index (χ1n) is 6.82. The lowest BCUT2D eigenvalue weighted by molar-refractivity contribution is 0.0433. The minimum atomic E-state index is -0.490. The van der Waals surface area contributed by atoms with Gasteiger partial charge in [-0.15, -0.1) is 0 Å². The number of fused-ring (bicyclic) bond motifs is 1. The van der Waals surface area contributed by atoms with E-state index in [9.17, 15) is 4.79 Å². The molecule has 0 spiro atoms. The highest BCUT2D eigenvalue weighted by atomic mass is 16.5. The van der Waals surface area contributed by atoms with Crippen molar-refractivity contribution in [3.05, 3.63) is 47.6 Å². The molecule has 0 aliphatic heterocycles. The summed E-state index contributed by atoms with van der Waals surface area (Å²) in [5.74, 6) is -0.121. The van der Waals surface area contributed by atoms with Crippen molar-refractivity contribution in [2.24, 2.45) is 0 Å². The molecule has 108 valence electrons. The molecule has 6 nitrogen and oxygen atoms in total. The maximum Gasteiger partial charge on any atom is 0.359 e. The van der Waals surface area contributed by atoms with Gasteiger partial charge in [-0.1, -0.05) is 25.5 Å². The minimum Gasteiger partial charge on any atom is -0.451 e. The van der Waals surface area contributed by atoms with E-state index in [2.05, 4.69) is 22.1 Å². The van der Waals surface area contributed by atoms with Crippen LogP contribution in [0.3, 0.4) is 0 Å². The zero-order valence-corrected chi connectivity index (χ0v) is 11.6. The molecular weight excluding hydrogens is 270 g/mol. The monoisotopic (exact) mass is 285 g/mol. The van der Waals surface area contributed by atoms with Crippen molar-refractivity contribution < 1.29 is 13.9 Å². The van der Waals surface area contributed by atoms with Crippen molar-refractivity contribution in [3.8, 4) is 0 Å². The number of nitrogens with zero attached hydrogens (tertiary/aromatic N) is 2. The molecule has 0 amide bonds. The van der Waals surface area contributed by atoms with Gasteiger partial charge in [-0.25, -0.2) is 9.78 Å². The van der Waals surface area contributed by atoms with Crippen LogP contribution in [0.5, 0.6) is 0 Å². The van der Waals surface area contributed by atoms with Gasteiger partial charge in [0.05, 0.1) is 0 Å². The molecule has 1 aromatic carbocycles. The quantitative estimate of drug-likeness (QED) is 0.729. The van der Waals surface area contributed by atoms with Gasteiger partial charge in [0.15, 0.2) is 17.9 Å². The van der Waals surface area contributed by atoms with Crippen LogP contribution in [0, 0.1) is 0 Å². The van der Waals surface area contributed by atoms with Crippen LogP contribution in [-0.2, 0) is 17.8 Å². The number of aryl methyl sites for hydroxylation is 1. The molecular formula is C15H15N3O3. The normalized spacial score (nSPS) is 10.9. The lowest BCUT2D eigenvalue weighted by Crippen LogP contribution is -2.05. The fourth-order valence-corrected chi connectivity index (χ4v) is 2.05. The Morgan fingerprint density at radius 2 is 2.24 bits per heavy atom. The molecule has 0 bridgehead atoms. The predicted molar refractivity (Wildman–Crippen MR) is 75.7 cm³/mol. The van der Waals surface area contributed by atoms with Crippen molar-refractivity contribution in [2.75, 3.05) is 0 Å². The van der Waals surface area contributed by atoms with E-state index in [-0.39, 0.29) is 12.3 Å². The number of oxazole rings is 1. The van der Waals surface area contributed by atoms with Crippen LogP contribution in [0.15, 0.2) is 34.7 Å². The van der Waals surface area contributed by atoms with Gasteiger partial charge in [0, 0.05) is 5.69 Å². The second kappa shape index (κ2) is 5.78. The van der Waals surface area contributed by atoms with Gasteiger partial charge >= 0.3 is 5.97 Å². The number of H-pyrrole nitrogens is 1. The minimum absolute atomic E-state index is 0.0104. The first-order valence-corrected chi connectivity index (χ1v) is 6.82. The van der Waals surface area contributed by atoms with E-state index in [0.29, 0.717) is 11.5 Å². The summed E-state index contributed by atoms with van der Waals surface area (Å²) in [4.78, 5) is 16.1. The molecule has 0 saturated heterocycles. The van der Waals surface area contributed by atoms with Crippen molar-refractivity contribution in [1.82, 2.24) is 15.2 Å². The van der Waals surface area contributed by atoms with Gasteiger partial charge in [-0.05, 0) is 24.6 Å². The fourth-order valence-electron chi connectivity index (χ4n) is 2.05. The number of aromatic amines is 1. The van der Waals surface area contributed by atoms with E-state index in [0.717, 1.165) is 24.1 Å². The van der Waals surface area contributed by atoms with E-state index in [1.165, 1.54) is 0 Å². The molecule has 2 heterocycles. The van der Waals surface area contributed by atoms with Crippen LogP contribution in [-0.4, -0.2) is 21.2 Å². The standard InChI is InChI=1S/C15H15N3O3/c1-2-5-10-8-12(18-17-10)15(19)20-9-14-16-11-6-3-4-7-13(11)21-14/h3-4,6-8H,2,5,9H2,1H3,(H,17,18). The molecule has 21 heavy (non-hydrogen) atoms. The zero-order valence-electron chi connectivity index (χ0n) is 11.6. The molecule has 0 radical (unpaired) electrons. The van der Waals surface area contributed by atoms with Gasteiger partial charge in [0.25, 0.3) is 0 Å². The fraction of sp³-hybridized carbons (Fsp3) is 0.267. The summed E-state index contributed by atoms with van der Waals surface area (Å²) in [6.45, 7) is 2.05. The molecule has 3 aromatic rings. The zero-order chi connectivity index (χ0) is 14.7. The largest absolute Gasteiger partial charge is 0.451 e. The number of hydrogen-bond donors (Lipinski definition) is 1. The van der Waals surface area contributed by atoms with Crippen molar-refractivity contribution >= 4 is 17.1 Å². The van der Waals surface area contributed by atoms with Gasteiger partial charge in [0.2, 0.25) is 5.89 Å². The predicted octanol–water partition coefficient (Wildman–Crippen LogP) is 2.86. The lowest BCUT2D eigenvalue weighted by atomic mass is 10.2. The molecule has 0 unspecified atom stereocenters. The highest BCUT2D eigenvalue weighted by molar-refractivity contribution is 5.87. The van der Waals surface area contributed by atoms with E-state index < -0.39 is 5.97 Å². The Morgan fingerprint density at radius 3 is 3.05 bits per heavy atom. The third kappa shape index (κ3) is 2.94. The number of hydrogen-bond acceptors (Lipinski definition) is 5. The number of aromatic nitrogens is 3. The van der Waals surface area contributed by atoms with Gasteiger partial charge < -0.3 is 9.15 Å². The third-order valence-electron chi connectivity index (χ3n) is 3.02. The Kier molecular flexibility index (Phi) is 3.68. The topological polar surface area (TPSA) is 81.0 Å². The molecule has 0 fully saturated rings. The third-order valence-corrected chi connectivity index (χ3v) is 3.02. The maximum absolute atomic E-state index is 11.9. The van der Waals surface area contributed by atoms with E-state index in [4.69, 9.17) is 9.15 Å². The first kappa shape index (κ1) is 13.4. The molecule has 2 aromatic heterocycles. The summed E-state index contributed by atoms with van der Waals surface area (Å²) in [5, 5.41) is 6.76. The Morgan fingerprint density at radius 1 is 1.38 bits per heavy atom.